The molecule has 0 aliphatic heterocycles. The molecule has 0 aliphatic carbocycles. The third-order valence-corrected chi connectivity index (χ3v) is 3.73. The van der Waals surface area contributed by atoms with Gasteiger partial charge in [0.15, 0.2) is 0 Å². The van der Waals surface area contributed by atoms with Crippen molar-refractivity contribution in [3.05, 3.63) is 46.2 Å². The summed E-state index contributed by atoms with van der Waals surface area (Å²) in [5.74, 6) is 0.798. The van der Waals surface area contributed by atoms with Gasteiger partial charge in [-0.25, -0.2) is 0 Å². The van der Waals surface area contributed by atoms with Gasteiger partial charge in [-0.1, -0.05) is 23.7 Å². The van der Waals surface area contributed by atoms with Crippen LogP contribution in [0.1, 0.15) is 36.8 Å². The number of hydrogen-bond acceptors (Lipinski definition) is 3. The van der Waals surface area contributed by atoms with Crippen LogP contribution in [-0.4, -0.2) is 9.78 Å². The third kappa shape index (κ3) is 3.14. The molecule has 4 nitrogen and oxygen atoms in total. The molecule has 0 bridgehead atoms. The van der Waals surface area contributed by atoms with Gasteiger partial charge in [0.25, 0.3) is 0 Å². The zero-order valence-corrected chi connectivity index (χ0v) is 12.8. The molecule has 20 heavy (non-hydrogen) atoms. The van der Waals surface area contributed by atoms with E-state index in [1.807, 2.05) is 49.7 Å². The predicted octanol–water partition coefficient (Wildman–Crippen LogP) is 3.46. The summed E-state index contributed by atoms with van der Waals surface area (Å²) in [5, 5.41) is 5.05. The van der Waals surface area contributed by atoms with E-state index in [1.165, 1.54) is 0 Å². The lowest BCUT2D eigenvalue weighted by atomic mass is 10.1. The molecule has 0 saturated heterocycles. The van der Waals surface area contributed by atoms with Gasteiger partial charge in [-0.2, -0.15) is 5.10 Å². The monoisotopic (exact) mass is 293 g/mol. The number of ether oxygens (including phenoxy) is 1. The van der Waals surface area contributed by atoms with E-state index in [0.29, 0.717) is 11.6 Å². The van der Waals surface area contributed by atoms with Crippen LogP contribution in [0.15, 0.2) is 24.3 Å². The number of benzene rings is 1. The summed E-state index contributed by atoms with van der Waals surface area (Å²) in [6, 6.07) is 7.83. The highest BCUT2D eigenvalue weighted by Gasteiger charge is 2.13. The number of nitrogens with zero attached hydrogens (tertiary/aromatic N) is 2. The van der Waals surface area contributed by atoms with Crippen molar-refractivity contribution in [1.29, 1.82) is 0 Å². The fraction of sp³-hybridized carbons (Fsp3) is 0.400. The van der Waals surface area contributed by atoms with Crippen molar-refractivity contribution in [1.82, 2.24) is 9.78 Å². The van der Waals surface area contributed by atoms with Crippen molar-refractivity contribution in [3.8, 4) is 5.75 Å². The van der Waals surface area contributed by atoms with Crippen LogP contribution < -0.4 is 10.5 Å². The van der Waals surface area contributed by atoms with Crippen LogP contribution in [0.3, 0.4) is 0 Å². The molecule has 1 atom stereocenters. The largest absolute Gasteiger partial charge is 0.487 e. The van der Waals surface area contributed by atoms with Crippen LogP contribution in [0.4, 0.5) is 0 Å². The number of rotatable bonds is 5. The molecule has 5 heteroatoms. The summed E-state index contributed by atoms with van der Waals surface area (Å²) < 4.78 is 7.65. The first-order chi connectivity index (χ1) is 9.52. The minimum absolute atomic E-state index is 0.0302. The Morgan fingerprint density at radius 1 is 1.35 bits per heavy atom. The van der Waals surface area contributed by atoms with Crippen LogP contribution in [0.5, 0.6) is 5.75 Å². The zero-order valence-electron chi connectivity index (χ0n) is 12.1. The lowest BCUT2D eigenvalue weighted by Crippen LogP contribution is -2.07. The molecule has 1 aromatic heterocycles. The smallest absolute Gasteiger partial charge is 0.131 e. The standard InChI is InChI=1S/C15H20ClN3O/c1-4-19-14(15(16)11(3)18-19)9-20-13-7-5-12(6-8-13)10(2)17/h5-8,10H,4,9,17H2,1-3H3. The van der Waals surface area contributed by atoms with E-state index in [9.17, 15) is 0 Å². The maximum Gasteiger partial charge on any atom is 0.131 e. The van der Waals surface area contributed by atoms with Gasteiger partial charge in [0.1, 0.15) is 12.4 Å². The fourth-order valence-electron chi connectivity index (χ4n) is 2.03. The van der Waals surface area contributed by atoms with Gasteiger partial charge >= 0.3 is 0 Å². The Morgan fingerprint density at radius 3 is 2.55 bits per heavy atom. The molecule has 0 radical (unpaired) electrons. The van der Waals surface area contributed by atoms with Crippen molar-refractivity contribution in [2.24, 2.45) is 5.73 Å². The molecule has 2 N–H and O–H groups in total. The maximum absolute atomic E-state index is 6.25. The lowest BCUT2D eigenvalue weighted by Gasteiger charge is -2.10. The van der Waals surface area contributed by atoms with Crippen LogP contribution in [0.2, 0.25) is 5.02 Å². The van der Waals surface area contributed by atoms with Crippen molar-refractivity contribution in [2.45, 2.75) is 40.0 Å². The molecular weight excluding hydrogens is 274 g/mol. The minimum atomic E-state index is 0.0302. The Hall–Kier alpha value is -1.52. The molecule has 1 unspecified atom stereocenters. The molecule has 1 heterocycles. The highest BCUT2D eigenvalue weighted by Crippen LogP contribution is 2.23. The number of nitrogens with two attached hydrogens (primary N) is 1. The number of aryl methyl sites for hydroxylation is 2. The maximum atomic E-state index is 6.25. The van der Waals surface area contributed by atoms with Crippen LogP contribution in [0.25, 0.3) is 0 Å². The molecule has 0 spiro atoms. The first-order valence-electron chi connectivity index (χ1n) is 6.73. The molecule has 2 aromatic rings. The zero-order chi connectivity index (χ0) is 14.7. The summed E-state index contributed by atoms with van der Waals surface area (Å²) in [6.45, 7) is 7.07. The van der Waals surface area contributed by atoms with Gasteiger partial charge in [0, 0.05) is 12.6 Å². The van der Waals surface area contributed by atoms with E-state index >= 15 is 0 Å². The molecule has 0 amide bonds. The quantitative estimate of drug-likeness (QED) is 0.918. The van der Waals surface area contributed by atoms with Gasteiger partial charge in [-0.3, -0.25) is 4.68 Å². The van der Waals surface area contributed by atoms with E-state index in [1.54, 1.807) is 0 Å². The third-order valence-electron chi connectivity index (χ3n) is 3.23. The SMILES string of the molecule is CCn1nc(C)c(Cl)c1COc1ccc(C(C)N)cc1. The topological polar surface area (TPSA) is 53.1 Å². The molecule has 2 rings (SSSR count). The first kappa shape index (κ1) is 14.9. The molecule has 0 aliphatic rings. The van der Waals surface area contributed by atoms with E-state index in [4.69, 9.17) is 22.1 Å². The highest BCUT2D eigenvalue weighted by atomic mass is 35.5. The van der Waals surface area contributed by atoms with E-state index in [0.717, 1.165) is 29.2 Å². The van der Waals surface area contributed by atoms with Gasteiger partial charge < -0.3 is 10.5 Å². The van der Waals surface area contributed by atoms with Crippen molar-refractivity contribution < 1.29 is 4.74 Å². The molecule has 0 fully saturated rings. The van der Waals surface area contributed by atoms with Gasteiger partial charge in [-0.05, 0) is 38.5 Å². The second-order valence-corrected chi connectivity index (χ2v) is 5.19. The summed E-state index contributed by atoms with van der Waals surface area (Å²) in [4.78, 5) is 0. The highest BCUT2D eigenvalue weighted by molar-refractivity contribution is 6.31. The number of aromatic nitrogens is 2. The lowest BCUT2D eigenvalue weighted by molar-refractivity contribution is 0.292. The number of hydrogen-bond donors (Lipinski definition) is 1. The molecule has 1 aromatic carbocycles. The Bertz CT molecular complexity index is 576. The Balaban J connectivity index is 2.09. The van der Waals surface area contributed by atoms with E-state index < -0.39 is 0 Å². The van der Waals surface area contributed by atoms with Gasteiger partial charge in [0.05, 0.1) is 16.4 Å². The second kappa shape index (κ2) is 6.29. The Kier molecular flexibility index (Phi) is 4.68. The summed E-state index contributed by atoms with van der Waals surface area (Å²) in [5.41, 5.74) is 8.65. The molecule has 0 saturated carbocycles. The van der Waals surface area contributed by atoms with Crippen molar-refractivity contribution in [3.63, 3.8) is 0 Å². The average Bonchev–Trinajstić information content (AvgIpc) is 2.72. The van der Waals surface area contributed by atoms with Crippen molar-refractivity contribution in [2.75, 3.05) is 0 Å². The fourth-order valence-corrected chi connectivity index (χ4v) is 2.22. The summed E-state index contributed by atoms with van der Waals surface area (Å²) in [6.07, 6.45) is 0. The van der Waals surface area contributed by atoms with Crippen LogP contribution >= 0.6 is 11.6 Å². The van der Waals surface area contributed by atoms with E-state index in [2.05, 4.69) is 5.10 Å². The predicted molar refractivity (Wildman–Crippen MR) is 81.0 cm³/mol. The molecular formula is C15H20ClN3O. The first-order valence-corrected chi connectivity index (χ1v) is 7.10. The average molecular weight is 294 g/mol. The second-order valence-electron chi connectivity index (χ2n) is 4.81. The van der Waals surface area contributed by atoms with Gasteiger partial charge in [-0.15, -0.1) is 0 Å². The van der Waals surface area contributed by atoms with E-state index in [-0.39, 0.29) is 6.04 Å². The minimum Gasteiger partial charge on any atom is -0.487 e. The summed E-state index contributed by atoms with van der Waals surface area (Å²) in [7, 11) is 0. The number of halogens is 1. The normalized spacial score (nSPS) is 12.4. The summed E-state index contributed by atoms with van der Waals surface area (Å²) >= 11 is 6.25. The van der Waals surface area contributed by atoms with Crippen molar-refractivity contribution >= 4 is 11.6 Å². The Morgan fingerprint density at radius 2 is 2.00 bits per heavy atom. The molecule has 108 valence electrons. The van der Waals surface area contributed by atoms with Crippen LogP contribution in [0, 0.1) is 6.92 Å². The van der Waals surface area contributed by atoms with Gasteiger partial charge in [0.2, 0.25) is 0 Å². The van der Waals surface area contributed by atoms with Crippen LogP contribution in [-0.2, 0) is 13.2 Å². The Labute approximate surface area is 124 Å².